The van der Waals surface area contributed by atoms with Gasteiger partial charge in [-0.25, -0.2) is 0 Å². The Labute approximate surface area is 303 Å². The topological polar surface area (TPSA) is 281 Å². The van der Waals surface area contributed by atoms with E-state index in [0.717, 1.165) is 58.0 Å². The number of nitrogens with one attached hydrogen (secondary N) is 2. The quantitative estimate of drug-likeness (QED) is 0.0990. The van der Waals surface area contributed by atoms with Crippen LogP contribution in [0.4, 0.5) is 0 Å². The summed E-state index contributed by atoms with van der Waals surface area (Å²) in [5.74, 6) is -1.18. The minimum atomic E-state index is -1.07. The Morgan fingerprint density at radius 3 is 1.26 bits per heavy atom. The number of hydrogen-bond donors (Lipinski definition) is 10. The average Bonchev–Trinajstić information content (AvgIpc) is 3.83. The molecule has 0 bridgehead atoms. The number of likely N-dealkylation sites (N-methyl/N-ethyl adjacent to an activating group) is 1. The highest BCUT2D eigenvalue weighted by Gasteiger charge is 2.30. The molecule has 0 aromatic heterocycles. The second-order valence-electron chi connectivity index (χ2n) is 12.3. The largest absolute Gasteiger partial charge is 0.384 e. The van der Waals surface area contributed by atoms with Gasteiger partial charge in [0.05, 0.1) is 0 Å². The fourth-order valence-corrected chi connectivity index (χ4v) is 4.22. The third kappa shape index (κ3) is 24.8. The number of aliphatic hydroxyl groups excluding tert-OH is 4. The molecule has 15 heteroatoms. The summed E-state index contributed by atoms with van der Waals surface area (Å²) < 4.78 is 0. The van der Waals surface area contributed by atoms with E-state index in [2.05, 4.69) is 10.6 Å². The first-order valence-electron chi connectivity index (χ1n) is 17.1. The van der Waals surface area contributed by atoms with Crippen molar-refractivity contribution < 1.29 is 39.6 Å². The molecule has 1 saturated heterocycles. The number of carbonyl (C=O) groups excluding carboxylic acids is 4. The van der Waals surface area contributed by atoms with Crippen molar-refractivity contribution in [3.8, 4) is 0 Å². The number of nitrogens with two attached hydrogens (primary N) is 4. The van der Waals surface area contributed by atoms with Crippen LogP contribution in [0.5, 0.6) is 0 Å². The van der Waals surface area contributed by atoms with E-state index >= 15 is 0 Å². The molecule has 0 aromatic rings. The predicted molar refractivity (Wildman–Crippen MR) is 203 cm³/mol. The fraction of sp³-hybridized carbons (Fsp3) is 0.886. The van der Waals surface area contributed by atoms with Gasteiger partial charge in [0, 0.05) is 50.3 Å². The first kappa shape index (κ1) is 57.1. The summed E-state index contributed by atoms with van der Waals surface area (Å²) in [4.78, 5) is 45.7. The molecule has 302 valence electrons. The fourth-order valence-electron chi connectivity index (χ4n) is 4.22. The Balaban J connectivity index is -0.000000178. The number of hydrogen-bond acceptors (Lipinski definition) is 12. The Bertz CT molecular complexity index is 878. The second-order valence-corrected chi connectivity index (χ2v) is 12.3. The molecule has 50 heavy (non-hydrogen) atoms. The van der Waals surface area contributed by atoms with Crippen LogP contribution in [0.15, 0.2) is 0 Å². The van der Waals surface area contributed by atoms with Crippen molar-refractivity contribution in [1.29, 1.82) is 0 Å². The number of likely N-dealkylation sites (tertiary alicyclic amines) is 1. The van der Waals surface area contributed by atoms with Gasteiger partial charge in [-0.3, -0.25) is 19.2 Å². The Kier molecular flexibility index (Phi) is 37.3. The highest BCUT2D eigenvalue weighted by Crippen LogP contribution is 2.19. The van der Waals surface area contributed by atoms with Crippen molar-refractivity contribution in [2.24, 2.45) is 22.9 Å². The molecule has 2 aliphatic rings. The van der Waals surface area contributed by atoms with Gasteiger partial charge < -0.3 is 58.9 Å². The van der Waals surface area contributed by atoms with E-state index in [1.807, 2.05) is 27.7 Å². The van der Waals surface area contributed by atoms with E-state index in [0.29, 0.717) is 25.7 Å². The van der Waals surface area contributed by atoms with Gasteiger partial charge in [-0.2, -0.15) is 0 Å². The zero-order chi connectivity index (χ0) is 36.7. The third-order valence-electron chi connectivity index (χ3n) is 7.65. The monoisotopic (exact) mass is 726 g/mol. The lowest BCUT2D eigenvalue weighted by Gasteiger charge is -2.33. The summed E-state index contributed by atoms with van der Waals surface area (Å²) in [5, 5.41) is 42.3. The van der Waals surface area contributed by atoms with Crippen LogP contribution in [0.25, 0.3) is 0 Å². The van der Waals surface area contributed by atoms with Crippen LogP contribution < -0.4 is 33.6 Å². The van der Waals surface area contributed by atoms with Crippen LogP contribution in [-0.4, -0.2) is 124 Å². The van der Waals surface area contributed by atoms with Gasteiger partial charge in [0.1, 0.15) is 24.4 Å². The van der Waals surface area contributed by atoms with Crippen LogP contribution in [0.3, 0.4) is 0 Å². The van der Waals surface area contributed by atoms with Gasteiger partial charge in [-0.1, -0.05) is 75.7 Å². The molecule has 2 rings (SSSR count). The molecule has 14 N–H and O–H groups in total. The summed E-state index contributed by atoms with van der Waals surface area (Å²) >= 11 is 0. The summed E-state index contributed by atoms with van der Waals surface area (Å²) in [6.45, 7) is 10.8. The molecular formula is C35H79N7O8. The highest BCUT2D eigenvalue weighted by molar-refractivity contribution is 5.82. The van der Waals surface area contributed by atoms with Crippen molar-refractivity contribution in [3.05, 3.63) is 0 Å². The molecule has 1 heterocycles. The number of ketones is 1. The molecule has 0 radical (unpaired) electrons. The van der Waals surface area contributed by atoms with Gasteiger partial charge >= 0.3 is 0 Å². The SMILES string of the molecule is C.C.C.CCC[C@H](N)C(O)C(=O)N1CCC1.CCC[C@H](N)C(O)C(=O)NC.CCC[C@H](N)C(O)C(=O)NC1CC1.CCC[C@H](N)C(O)C(C)=O. The van der Waals surface area contributed by atoms with Crippen molar-refractivity contribution in [3.63, 3.8) is 0 Å². The smallest absolute Gasteiger partial charge is 0.253 e. The maximum Gasteiger partial charge on any atom is 0.253 e. The molecule has 8 atom stereocenters. The zero-order valence-corrected chi connectivity index (χ0v) is 29.6. The Morgan fingerprint density at radius 1 is 0.640 bits per heavy atom. The van der Waals surface area contributed by atoms with Gasteiger partial charge in [0.2, 0.25) is 5.91 Å². The molecular weight excluding hydrogens is 646 g/mol. The minimum Gasteiger partial charge on any atom is -0.384 e. The second kappa shape index (κ2) is 32.7. The predicted octanol–water partition coefficient (Wildman–Crippen LogP) is 0.653. The van der Waals surface area contributed by atoms with E-state index in [4.69, 9.17) is 28.0 Å². The summed E-state index contributed by atoms with van der Waals surface area (Å²) in [6, 6.07) is -1.37. The van der Waals surface area contributed by atoms with Crippen LogP contribution in [0.1, 0.15) is 128 Å². The lowest BCUT2D eigenvalue weighted by molar-refractivity contribution is -0.145. The molecule has 1 saturated carbocycles. The molecule has 3 amide bonds. The van der Waals surface area contributed by atoms with Gasteiger partial charge in [0.25, 0.3) is 11.8 Å². The summed E-state index contributed by atoms with van der Waals surface area (Å²) in [6.07, 6.45) is 5.29. The van der Waals surface area contributed by atoms with Crippen molar-refractivity contribution >= 4 is 23.5 Å². The van der Waals surface area contributed by atoms with Gasteiger partial charge in [-0.05, 0) is 51.9 Å². The highest BCUT2D eigenvalue weighted by atomic mass is 16.3. The van der Waals surface area contributed by atoms with E-state index < -0.39 is 48.4 Å². The normalized spacial score (nSPS) is 17.5. The number of amides is 3. The number of aliphatic hydroxyl groups is 4. The Morgan fingerprint density at radius 2 is 0.980 bits per heavy atom. The van der Waals surface area contributed by atoms with Gasteiger partial charge in [-0.15, -0.1) is 0 Å². The standard InChI is InChI=1S/2C9H18N2O2.C7H16N2O2.C7H15NO2.3CH4/c1-2-4-7(10)8(12)9(13)11-5-3-6-11;1-2-3-7(10)8(12)9(13)11-6-4-5-6;1-3-4-5(8)6(10)7(11)9-2;1-3-4-6(8)7(10)5(2)9;;;/h7-8,12H,2-6,10H2,1H3;6-8,12H,2-5,10H2,1H3,(H,11,13);5-6,10H,3-4,8H2,1-2H3,(H,9,11);6-7,10H,3-4,8H2,1-2H3;3*1H4/t2*7-,8?;5-,6?;6-,7?;;;/m0000.../s1. The number of rotatable bonds is 17. The van der Waals surface area contributed by atoms with E-state index in [1.54, 1.807) is 4.90 Å². The molecule has 4 unspecified atom stereocenters. The van der Waals surface area contributed by atoms with Crippen LogP contribution in [0, 0.1) is 0 Å². The lowest BCUT2D eigenvalue weighted by atomic mass is 10.0. The van der Waals surface area contributed by atoms with E-state index in [9.17, 15) is 34.5 Å². The van der Waals surface area contributed by atoms with Crippen LogP contribution >= 0.6 is 0 Å². The lowest BCUT2D eigenvalue weighted by Crippen LogP contribution is -2.52. The van der Waals surface area contributed by atoms with Crippen molar-refractivity contribution in [1.82, 2.24) is 15.5 Å². The number of carbonyl (C=O) groups is 4. The molecule has 0 spiro atoms. The van der Waals surface area contributed by atoms with Crippen molar-refractivity contribution in [2.75, 3.05) is 20.1 Å². The summed E-state index contributed by atoms with van der Waals surface area (Å²) in [7, 11) is 1.48. The first-order valence-corrected chi connectivity index (χ1v) is 17.1. The molecule has 1 aliphatic heterocycles. The van der Waals surface area contributed by atoms with Crippen molar-refractivity contribution in [2.45, 2.75) is 182 Å². The molecule has 1 aliphatic carbocycles. The Hall–Kier alpha value is -2.24. The number of Topliss-reactive ketones (excluding diaryl/α,β-unsaturated/α-hetero) is 1. The number of nitrogens with zero attached hydrogens (tertiary/aromatic N) is 1. The van der Waals surface area contributed by atoms with E-state index in [1.165, 1.54) is 14.0 Å². The van der Waals surface area contributed by atoms with Crippen LogP contribution in [0.2, 0.25) is 0 Å². The molecule has 2 fully saturated rings. The zero-order valence-electron chi connectivity index (χ0n) is 29.6. The van der Waals surface area contributed by atoms with Gasteiger partial charge in [0.15, 0.2) is 5.78 Å². The maximum absolute atomic E-state index is 11.4. The summed E-state index contributed by atoms with van der Waals surface area (Å²) in [5.41, 5.74) is 22.2. The molecule has 0 aromatic carbocycles. The maximum atomic E-state index is 11.4. The van der Waals surface area contributed by atoms with E-state index in [-0.39, 0.29) is 52.0 Å². The molecule has 15 nitrogen and oxygen atoms in total. The first-order chi connectivity index (χ1) is 22.0. The van der Waals surface area contributed by atoms with Crippen LogP contribution in [-0.2, 0) is 19.2 Å². The minimum absolute atomic E-state index is 0. The average molecular weight is 726 g/mol. The third-order valence-corrected chi connectivity index (χ3v) is 7.65.